The van der Waals surface area contributed by atoms with E-state index >= 15 is 0 Å². The number of nitrogens with zero attached hydrogens (tertiary/aromatic N) is 2. The zero-order valence-corrected chi connectivity index (χ0v) is 15.5. The molecule has 2 aromatic carbocycles. The highest BCUT2D eigenvalue weighted by Crippen LogP contribution is 2.27. The van der Waals surface area contributed by atoms with Gasteiger partial charge in [0.05, 0.1) is 12.6 Å². The third-order valence-corrected chi connectivity index (χ3v) is 4.31. The Morgan fingerprint density at radius 3 is 1.84 bits per heavy atom. The van der Waals surface area contributed by atoms with Gasteiger partial charge in [0.1, 0.15) is 0 Å². The largest absolute Gasteiger partial charge is 0.334 e. The van der Waals surface area contributed by atoms with Crippen LogP contribution in [0.3, 0.4) is 0 Å². The van der Waals surface area contributed by atoms with Crippen LogP contribution in [0, 0.1) is 0 Å². The third kappa shape index (κ3) is 5.30. The normalized spacial score (nSPS) is 10.9. The SMILES string of the molecule is C=C(C)CN(CC)CC(=O)N(C)C(c1ccccc1)c1ccccc1. The molecule has 0 fully saturated rings. The quantitative estimate of drug-likeness (QED) is 0.677. The topological polar surface area (TPSA) is 23.6 Å². The molecular formula is C22H28N2O. The van der Waals surface area contributed by atoms with Crippen LogP contribution in [0.1, 0.15) is 31.0 Å². The average molecular weight is 336 g/mol. The molecule has 0 aromatic heterocycles. The summed E-state index contributed by atoms with van der Waals surface area (Å²) in [4.78, 5) is 16.9. The van der Waals surface area contributed by atoms with Crippen LogP contribution in [0.25, 0.3) is 0 Å². The zero-order chi connectivity index (χ0) is 18.2. The molecule has 0 N–H and O–H groups in total. The second-order valence-electron chi connectivity index (χ2n) is 6.49. The van der Waals surface area contributed by atoms with Crippen molar-refractivity contribution >= 4 is 5.91 Å². The lowest BCUT2D eigenvalue weighted by Crippen LogP contribution is -2.41. The van der Waals surface area contributed by atoms with Gasteiger partial charge in [-0.1, -0.05) is 79.7 Å². The molecule has 0 spiro atoms. The molecule has 0 radical (unpaired) electrons. The summed E-state index contributed by atoms with van der Waals surface area (Å²) in [6, 6.07) is 20.3. The predicted octanol–water partition coefficient (Wildman–Crippen LogP) is 4.13. The minimum Gasteiger partial charge on any atom is -0.334 e. The molecule has 0 unspecified atom stereocenters. The Balaban J connectivity index is 2.25. The van der Waals surface area contributed by atoms with Gasteiger partial charge in [0.2, 0.25) is 5.91 Å². The second-order valence-corrected chi connectivity index (χ2v) is 6.49. The van der Waals surface area contributed by atoms with Crippen LogP contribution >= 0.6 is 0 Å². The highest BCUT2D eigenvalue weighted by molar-refractivity contribution is 5.79. The smallest absolute Gasteiger partial charge is 0.237 e. The Morgan fingerprint density at radius 1 is 0.960 bits per heavy atom. The Kier molecular flexibility index (Phi) is 6.96. The van der Waals surface area contributed by atoms with Gasteiger partial charge >= 0.3 is 0 Å². The van der Waals surface area contributed by atoms with Crippen LogP contribution in [-0.4, -0.2) is 42.4 Å². The minimum atomic E-state index is -0.0848. The van der Waals surface area contributed by atoms with Crippen LogP contribution in [0.5, 0.6) is 0 Å². The van der Waals surface area contributed by atoms with Gasteiger partial charge in [0.25, 0.3) is 0 Å². The fraction of sp³-hybridized carbons (Fsp3) is 0.318. The molecule has 0 aliphatic carbocycles. The number of hydrogen-bond acceptors (Lipinski definition) is 2. The van der Waals surface area contributed by atoms with Gasteiger partial charge in [-0.2, -0.15) is 0 Å². The molecule has 3 heteroatoms. The molecule has 0 atom stereocenters. The van der Waals surface area contributed by atoms with Gasteiger partial charge in [-0.05, 0) is 24.6 Å². The van der Waals surface area contributed by atoms with Crippen LogP contribution in [0.15, 0.2) is 72.8 Å². The van der Waals surface area contributed by atoms with Crippen molar-refractivity contribution < 1.29 is 4.79 Å². The van der Waals surface area contributed by atoms with E-state index < -0.39 is 0 Å². The Morgan fingerprint density at radius 2 is 1.44 bits per heavy atom. The lowest BCUT2D eigenvalue weighted by Gasteiger charge is -2.31. The molecule has 0 bridgehead atoms. The van der Waals surface area contributed by atoms with Crippen LogP contribution in [0.2, 0.25) is 0 Å². The molecule has 0 aliphatic heterocycles. The van der Waals surface area contributed by atoms with E-state index in [-0.39, 0.29) is 11.9 Å². The van der Waals surface area contributed by atoms with Crippen molar-refractivity contribution in [1.82, 2.24) is 9.80 Å². The zero-order valence-electron chi connectivity index (χ0n) is 15.5. The van der Waals surface area contributed by atoms with E-state index in [1.807, 2.05) is 55.3 Å². The summed E-state index contributed by atoms with van der Waals surface area (Å²) in [5, 5.41) is 0. The average Bonchev–Trinajstić information content (AvgIpc) is 2.62. The third-order valence-electron chi connectivity index (χ3n) is 4.31. The lowest BCUT2D eigenvalue weighted by atomic mass is 9.97. The number of carbonyl (C=O) groups excluding carboxylic acids is 1. The maximum atomic E-state index is 12.9. The fourth-order valence-electron chi connectivity index (χ4n) is 3.02. The number of likely N-dealkylation sites (N-methyl/N-ethyl adjacent to an activating group) is 2. The van der Waals surface area contributed by atoms with Gasteiger partial charge in [-0.3, -0.25) is 9.69 Å². The van der Waals surface area contributed by atoms with E-state index in [0.717, 1.165) is 29.8 Å². The van der Waals surface area contributed by atoms with Crippen molar-refractivity contribution in [3.63, 3.8) is 0 Å². The predicted molar refractivity (Wildman–Crippen MR) is 104 cm³/mol. The van der Waals surface area contributed by atoms with Gasteiger partial charge in [-0.15, -0.1) is 0 Å². The maximum absolute atomic E-state index is 12.9. The summed E-state index contributed by atoms with van der Waals surface area (Å²) in [6.07, 6.45) is 0. The van der Waals surface area contributed by atoms with E-state index in [9.17, 15) is 4.79 Å². The second kappa shape index (κ2) is 9.19. The van der Waals surface area contributed by atoms with Gasteiger partial charge in [0, 0.05) is 13.6 Å². The van der Waals surface area contributed by atoms with Gasteiger partial charge < -0.3 is 4.90 Å². The number of amides is 1. The molecule has 2 rings (SSSR count). The van der Waals surface area contributed by atoms with Crippen molar-refractivity contribution in [2.45, 2.75) is 19.9 Å². The molecule has 25 heavy (non-hydrogen) atoms. The highest BCUT2D eigenvalue weighted by Gasteiger charge is 2.24. The number of benzene rings is 2. The van der Waals surface area contributed by atoms with Crippen LogP contribution < -0.4 is 0 Å². The Hall–Kier alpha value is -2.39. The summed E-state index contributed by atoms with van der Waals surface area (Å²) >= 11 is 0. The monoisotopic (exact) mass is 336 g/mol. The van der Waals surface area contributed by atoms with Crippen molar-refractivity contribution in [3.05, 3.63) is 83.9 Å². The van der Waals surface area contributed by atoms with E-state index in [0.29, 0.717) is 6.54 Å². The summed E-state index contributed by atoms with van der Waals surface area (Å²) in [7, 11) is 1.89. The molecule has 3 nitrogen and oxygen atoms in total. The molecule has 132 valence electrons. The standard InChI is InChI=1S/C22H28N2O/c1-5-24(16-18(2)3)17-21(25)23(4)22(19-12-8-6-9-13-19)20-14-10-7-11-15-20/h6-15,22H,2,5,16-17H2,1,3-4H3. The molecule has 2 aromatic rings. The first-order valence-electron chi connectivity index (χ1n) is 8.75. The first-order chi connectivity index (χ1) is 12.0. The Bertz CT molecular complexity index is 642. The van der Waals surface area contributed by atoms with Crippen molar-refractivity contribution in [1.29, 1.82) is 0 Å². The van der Waals surface area contributed by atoms with E-state index in [1.54, 1.807) is 0 Å². The molecular weight excluding hydrogens is 308 g/mol. The summed E-state index contributed by atoms with van der Waals surface area (Å²) in [6.45, 7) is 10.00. The molecule has 0 saturated carbocycles. The number of hydrogen-bond donors (Lipinski definition) is 0. The summed E-state index contributed by atoms with van der Waals surface area (Å²) in [5.41, 5.74) is 3.31. The summed E-state index contributed by atoms with van der Waals surface area (Å²) < 4.78 is 0. The lowest BCUT2D eigenvalue weighted by molar-refractivity contribution is -0.132. The van der Waals surface area contributed by atoms with Crippen LogP contribution in [0.4, 0.5) is 0 Å². The summed E-state index contributed by atoms with van der Waals surface area (Å²) in [5.74, 6) is 0.112. The van der Waals surface area contributed by atoms with E-state index in [1.165, 1.54) is 0 Å². The minimum absolute atomic E-state index is 0.0848. The van der Waals surface area contributed by atoms with Crippen molar-refractivity contribution in [2.24, 2.45) is 0 Å². The van der Waals surface area contributed by atoms with Gasteiger partial charge in [-0.25, -0.2) is 0 Å². The fourth-order valence-corrected chi connectivity index (χ4v) is 3.02. The van der Waals surface area contributed by atoms with Crippen LogP contribution in [-0.2, 0) is 4.79 Å². The molecule has 0 heterocycles. The van der Waals surface area contributed by atoms with Gasteiger partial charge in [0.15, 0.2) is 0 Å². The first kappa shape index (κ1) is 18.9. The number of carbonyl (C=O) groups is 1. The maximum Gasteiger partial charge on any atom is 0.237 e. The highest BCUT2D eigenvalue weighted by atomic mass is 16.2. The van der Waals surface area contributed by atoms with Crippen molar-refractivity contribution in [3.8, 4) is 0 Å². The Labute approximate surface area is 151 Å². The first-order valence-corrected chi connectivity index (χ1v) is 8.75. The molecule has 0 aliphatic rings. The van der Waals surface area contributed by atoms with E-state index in [4.69, 9.17) is 0 Å². The number of rotatable bonds is 8. The molecule has 0 saturated heterocycles. The molecule has 1 amide bonds. The van der Waals surface area contributed by atoms with Crippen molar-refractivity contribution in [2.75, 3.05) is 26.7 Å². The van der Waals surface area contributed by atoms with E-state index in [2.05, 4.69) is 42.7 Å².